The highest BCUT2D eigenvalue weighted by molar-refractivity contribution is 8.01. The molecule has 1 aliphatic heterocycles. The van der Waals surface area contributed by atoms with E-state index >= 15 is 0 Å². The third-order valence-electron chi connectivity index (χ3n) is 3.71. The van der Waals surface area contributed by atoms with Crippen molar-refractivity contribution in [3.05, 3.63) is 16.7 Å². The molecule has 2 amide bonds. The third kappa shape index (κ3) is 6.75. The summed E-state index contributed by atoms with van der Waals surface area (Å²) < 4.78 is 0.909. The molecular formula is C16H25N5O2S2. The molecule has 1 atom stereocenters. The maximum absolute atomic E-state index is 12.2. The standard InChI is InChI=1S/C16H25N5O2S2/c1-11(2)4-7-21-8-5-18-15(23)13(21)10-14(22)17-6-9-24-16-20-19-12(3)25-16/h4,13H,5-10H2,1-3H3,(H,17,22)(H,18,23)/t13-/m1/s1. The zero-order valence-electron chi connectivity index (χ0n) is 14.9. The Hall–Kier alpha value is -1.45. The van der Waals surface area contributed by atoms with Crippen LogP contribution in [0.4, 0.5) is 0 Å². The molecule has 1 fully saturated rings. The van der Waals surface area contributed by atoms with E-state index in [-0.39, 0.29) is 18.2 Å². The number of carbonyl (C=O) groups is 2. The van der Waals surface area contributed by atoms with Crippen LogP contribution in [0.1, 0.15) is 25.3 Å². The van der Waals surface area contributed by atoms with Gasteiger partial charge in [-0.05, 0) is 20.8 Å². The second-order valence-electron chi connectivity index (χ2n) is 6.07. The molecule has 1 aromatic heterocycles. The summed E-state index contributed by atoms with van der Waals surface area (Å²) in [4.78, 5) is 26.4. The number of aryl methyl sites for hydroxylation is 1. The highest BCUT2D eigenvalue weighted by Gasteiger charge is 2.30. The lowest BCUT2D eigenvalue weighted by atomic mass is 10.1. The number of nitrogens with zero attached hydrogens (tertiary/aromatic N) is 3. The maximum atomic E-state index is 12.2. The van der Waals surface area contributed by atoms with Crippen LogP contribution >= 0.6 is 23.1 Å². The fourth-order valence-electron chi connectivity index (χ4n) is 2.42. The number of hydrogen-bond donors (Lipinski definition) is 2. The van der Waals surface area contributed by atoms with Gasteiger partial charge in [0.05, 0.1) is 12.5 Å². The number of hydrogen-bond acceptors (Lipinski definition) is 7. The molecule has 9 heteroatoms. The summed E-state index contributed by atoms with van der Waals surface area (Å²) in [5.74, 6) is 0.569. The largest absolute Gasteiger partial charge is 0.355 e. The fourth-order valence-corrected chi connectivity index (χ4v) is 4.16. The summed E-state index contributed by atoms with van der Waals surface area (Å²) in [5.41, 5.74) is 1.21. The minimum Gasteiger partial charge on any atom is -0.355 e. The molecule has 0 spiro atoms. The van der Waals surface area contributed by atoms with Crippen LogP contribution in [-0.2, 0) is 9.59 Å². The molecule has 2 heterocycles. The van der Waals surface area contributed by atoms with Gasteiger partial charge in [0.2, 0.25) is 11.8 Å². The molecule has 0 saturated carbocycles. The van der Waals surface area contributed by atoms with Gasteiger partial charge < -0.3 is 10.6 Å². The molecule has 1 aromatic rings. The first-order valence-corrected chi connectivity index (χ1v) is 10.1. The summed E-state index contributed by atoms with van der Waals surface area (Å²) in [5, 5.41) is 14.7. The van der Waals surface area contributed by atoms with Crippen molar-refractivity contribution in [1.29, 1.82) is 0 Å². The Kier molecular flexibility index (Phi) is 7.86. The van der Waals surface area contributed by atoms with Gasteiger partial charge in [0.15, 0.2) is 4.34 Å². The zero-order chi connectivity index (χ0) is 18.2. The van der Waals surface area contributed by atoms with E-state index in [4.69, 9.17) is 0 Å². The van der Waals surface area contributed by atoms with Gasteiger partial charge in [-0.2, -0.15) is 0 Å². The topological polar surface area (TPSA) is 87.2 Å². The number of nitrogens with one attached hydrogen (secondary N) is 2. The van der Waals surface area contributed by atoms with Gasteiger partial charge in [0.25, 0.3) is 0 Å². The van der Waals surface area contributed by atoms with Crippen molar-refractivity contribution in [1.82, 2.24) is 25.7 Å². The number of allylic oxidation sites excluding steroid dienone is 1. The van der Waals surface area contributed by atoms with Gasteiger partial charge >= 0.3 is 0 Å². The number of thioether (sulfide) groups is 1. The molecule has 0 unspecified atom stereocenters. The predicted molar refractivity (Wildman–Crippen MR) is 101 cm³/mol. The Balaban J connectivity index is 1.76. The molecule has 0 bridgehead atoms. The molecule has 2 rings (SSSR count). The van der Waals surface area contributed by atoms with E-state index < -0.39 is 6.04 Å². The summed E-state index contributed by atoms with van der Waals surface area (Å²) in [7, 11) is 0. The molecule has 1 aliphatic rings. The van der Waals surface area contributed by atoms with Crippen LogP contribution in [-0.4, -0.2) is 64.9 Å². The molecular weight excluding hydrogens is 358 g/mol. The monoisotopic (exact) mass is 383 g/mol. The number of amides is 2. The highest BCUT2D eigenvalue weighted by Crippen LogP contribution is 2.21. The summed E-state index contributed by atoms with van der Waals surface area (Å²) in [6.07, 6.45) is 2.27. The average molecular weight is 384 g/mol. The molecule has 138 valence electrons. The summed E-state index contributed by atoms with van der Waals surface area (Å²) in [6.45, 7) is 8.61. The van der Waals surface area contributed by atoms with Crippen LogP contribution in [0.2, 0.25) is 0 Å². The van der Waals surface area contributed by atoms with Gasteiger partial charge in [0.1, 0.15) is 5.01 Å². The lowest BCUT2D eigenvalue weighted by Gasteiger charge is -2.34. The Labute approximate surface area is 156 Å². The molecule has 0 aliphatic carbocycles. The van der Waals surface area contributed by atoms with Crippen molar-refractivity contribution in [3.63, 3.8) is 0 Å². The maximum Gasteiger partial charge on any atom is 0.237 e. The fraction of sp³-hybridized carbons (Fsp3) is 0.625. The Bertz CT molecular complexity index is 628. The first-order chi connectivity index (χ1) is 12.0. The second kappa shape index (κ2) is 9.88. The van der Waals surface area contributed by atoms with Crippen molar-refractivity contribution in [2.75, 3.05) is 31.9 Å². The molecule has 25 heavy (non-hydrogen) atoms. The van der Waals surface area contributed by atoms with Crippen molar-refractivity contribution in [2.24, 2.45) is 0 Å². The quantitative estimate of drug-likeness (QED) is 0.399. The number of aromatic nitrogens is 2. The minimum atomic E-state index is -0.400. The van der Waals surface area contributed by atoms with Crippen LogP contribution in [0.5, 0.6) is 0 Å². The molecule has 2 N–H and O–H groups in total. The summed E-state index contributed by atoms with van der Waals surface area (Å²) >= 11 is 3.12. The Morgan fingerprint density at radius 1 is 1.48 bits per heavy atom. The molecule has 7 nitrogen and oxygen atoms in total. The van der Waals surface area contributed by atoms with E-state index in [0.717, 1.165) is 21.6 Å². The number of rotatable bonds is 8. The number of carbonyl (C=O) groups excluding carboxylic acids is 2. The van der Waals surface area contributed by atoms with Crippen molar-refractivity contribution in [2.45, 2.75) is 37.6 Å². The predicted octanol–water partition coefficient (Wildman–Crippen LogP) is 1.21. The Morgan fingerprint density at radius 2 is 2.28 bits per heavy atom. The van der Waals surface area contributed by atoms with Crippen LogP contribution in [0, 0.1) is 6.92 Å². The lowest BCUT2D eigenvalue weighted by Crippen LogP contribution is -2.56. The van der Waals surface area contributed by atoms with Crippen LogP contribution < -0.4 is 10.6 Å². The van der Waals surface area contributed by atoms with Crippen molar-refractivity contribution < 1.29 is 9.59 Å². The van der Waals surface area contributed by atoms with E-state index in [1.165, 1.54) is 5.57 Å². The van der Waals surface area contributed by atoms with Gasteiger partial charge in [-0.25, -0.2) is 0 Å². The molecule has 1 saturated heterocycles. The minimum absolute atomic E-state index is 0.0673. The van der Waals surface area contributed by atoms with E-state index in [1.54, 1.807) is 23.1 Å². The lowest BCUT2D eigenvalue weighted by molar-refractivity contribution is -0.133. The van der Waals surface area contributed by atoms with Gasteiger partial charge in [-0.3, -0.25) is 14.5 Å². The van der Waals surface area contributed by atoms with Crippen LogP contribution in [0.3, 0.4) is 0 Å². The van der Waals surface area contributed by atoms with Crippen molar-refractivity contribution >= 4 is 34.9 Å². The summed E-state index contributed by atoms with van der Waals surface area (Å²) in [6, 6.07) is -0.400. The van der Waals surface area contributed by atoms with E-state index in [0.29, 0.717) is 19.6 Å². The molecule has 0 aromatic carbocycles. The van der Waals surface area contributed by atoms with Crippen LogP contribution in [0.25, 0.3) is 0 Å². The second-order valence-corrected chi connectivity index (χ2v) is 8.60. The normalized spacial score (nSPS) is 17.9. The van der Waals surface area contributed by atoms with Crippen molar-refractivity contribution in [3.8, 4) is 0 Å². The smallest absolute Gasteiger partial charge is 0.237 e. The van der Waals surface area contributed by atoms with E-state index in [9.17, 15) is 9.59 Å². The van der Waals surface area contributed by atoms with Gasteiger partial charge in [-0.1, -0.05) is 34.7 Å². The van der Waals surface area contributed by atoms with Crippen LogP contribution in [0.15, 0.2) is 16.0 Å². The van der Waals surface area contributed by atoms with Gasteiger partial charge in [0, 0.05) is 31.9 Å². The van der Waals surface area contributed by atoms with E-state index in [2.05, 4.69) is 31.8 Å². The SMILES string of the molecule is CC(C)=CCN1CCNC(=O)[C@H]1CC(=O)NCCSc1nnc(C)s1. The Morgan fingerprint density at radius 3 is 2.96 bits per heavy atom. The zero-order valence-corrected chi connectivity index (χ0v) is 16.5. The third-order valence-corrected chi connectivity index (χ3v) is 5.69. The molecule has 0 radical (unpaired) electrons. The first-order valence-electron chi connectivity index (χ1n) is 8.30. The van der Waals surface area contributed by atoms with Gasteiger partial charge in [-0.15, -0.1) is 10.2 Å². The van der Waals surface area contributed by atoms with E-state index in [1.807, 2.05) is 20.8 Å². The first kappa shape index (κ1) is 19.9. The number of piperazine rings is 1. The average Bonchev–Trinajstić information content (AvgIpc) is 2.97. The highest BCUT2D eigenvalue weighted by atomic mass is 32.2.